The zero-order chi connectivity index (χ0) is 12.1. The lowest BCUT2D eigenvalue weighted by Gasteiger charge is -2.13. The smallest absolute Gasteiger partial charge is 0.0897 e. The highest BCUT2D eigenvalue weighted by atomic mass is 32.2. The van der Waals surface area contributed by atoms with E-state index in [1.54, 1.807) is 17.6 Å². The molecule has 1 heterocycles. The summed E-state index contributed by atoms with van der Waals surface area (Å²) in [6, 6.07) is 0.337. The van der Waals surface area contributed by atoms with E-state index in [0.29, 0.717) is 6.04 Å². The minimum atomic E-state index is -0.715. The monoisotopic (exact) mass is 260 g/mol. The SMILES string of the molecule is Cc1ncc(C(C)NCCC(C)S(C)=O)s1. The summed E-state index contributed by atoms with van der Waals surface area (Å²) < 4.78 is 11.2. The third-order valence-electron chi connectivity index (χ3n) is 2.63. The van der Waals surface area contributed by atoms with Crippen LogP contribution >= 0.6 is 11.3 Å². The Balaban J connectivity index is 2.30. The van der Waals surface area contributed by atoms with Crippen molar-refractivity contribution in [2.75, 3.05) is 12.8 Å². The molecule has 5 heteroatoms. The van der Waals surface area contributed by atoms with Gasteiger partial charge in [0.2, 0.25) is 0 Å². The highest BCUT2D eigenvalue weighted by molar-refractivity contribution is 7.84. The standard InChI is InChI=1S/C11H20N2OS2/c1-8(16(4)14)5-6-12-9(2)11-7-13-10(3)15-11/h7-9,12H,5-6H2,1-4H3. The van der Waals surface area contributed by atoms with Crippen LogP contribution in [0.25, 0.3) is 0 Å². The minimum Gasteiger partial charge on any atom is -0.309 e. The highest BCUT2D eigenvalue weighted by Crippen LogP contribution is 2.19. The Morgan fingerprint density at radius 1 is 1.56 bits per heavy atom. The lowest BCUT2D eigenvalue weighted by atomic mass is 10.2. The fourth-order valence-corrected chi connectivity index (χ4v) is 2.61. The fourth-order valence-electron chi connectivity index (χ4n) is 1.35. The number of thiazole rings is 1. The zero-order valence-electron chi connectivity index (χ0n) is 10.3. The van der Waals surface area contributed by atoms with E-state index in [4.69, 9.17) is 0 Å². The van der Waals surface area contributed by atoms with Crippen molar-refractivity contribution in [2.45, 2.75) is 38.5 Å². The Morgan fingerprint density at radius 3 is 2.75 bits per heavy atom. The summed E-state index contributed by atoms with van der Waals surface area (Å²) in [6.45, 7) is 7.09. The van der Waals surface area contributed by atoms with Gasteiger partial charge >= 0.3 is 0 Å². The van der Waals surface area contributed by atoms with E-state index in [9.17, 15) is 4.21 Å². The molecular weight excluding hydrogens is 240 g/mol. The first-order chi connectivity index (χ1) is 7.50. The first kappa shape index (κ1) is 13.8. The molecule has 0 bridgehead atoms. The molecule has 0 aliphatic heterocycles. The molecule has 0 amide bonds. The second-order valence-electron chi connectivity index (χ2n) is 4.06. The van der Waals surface area contributed by atoms with Crippen LogP contribution in [0.3, 0.4) is 0 Å². The predicted octanol–water partition coefficient (Wildman–Crippen LogP) is 2.26. The molecule has 3 unspecified atom stereocenters. The third-order valence-corrected chi connectivity index (χ3v) is 5.10. The molecular formula is C11H20N2OS2. The van der Waals surface area contributed by atoms with Crippen LogP contribution < -0.4 is 5.32 Å². The normalized spacial score (nSPS) is 17.0. The van der Waals surface area contributed by atoms with Gasteiger partial charge in [0.05, 0.1) is 5.01 Å². The molecule has 3 nitrogen and oxygen atoms in total. The van der Waals surface area contributed by atoms with Crippen molar-refractivity contribution < 1.29 is 4.21 Å². The van der Waals surface area contributed by atoms with E-state index in [-0.39, 0.29) is 5.25 Å². The topological polar surface area (TPSA) is 42.0 Å². The summed E-state index contributed by atoms with van der Waals surface area (Å²) in [6.07, 6.45) is 4.64. The molecule has 0 fully saturated rings. The predicted molar refractivity (Wildman–Crippen MR) is 71.4 cm³/mol. The van der Waals surface area contributed by atoms with Gasteiger partial charge in [-0.3, -0.25) is 4.21 Å². The summed E-state index contributed by atoms with van der Waals surface area (Å²) in [7, 11) is -0.715. The van der Waals surface area contributed by atoms with Crippen LogP contribution in [0.2, 0.25) is 0 Å². The second-order valence-corrected chi connectivity index (χ2v) is 7.12. The number of aryl methyl sites for hydroxylation is 1. The lowest BCUT2D eigenvalue weighted by molar-refractivity contribution is 0.559. The molecule has 1 rings (SSSR count). The molecule has 92 valence electrons. The van der Waals surface area contributed by atoms with Crippen molar-refractivity contribution in [3.05, 3.63) is 16.1 Å². The zero-order valence-corrected chi connectivity index (χ0v) is 12.0. The maximum absolute atomic E-state index is 11.2. The summed E-state index contributed by atoms with van der Waals surface area (Å²) in [5, 5.41) is 4.80. The maximum atomic E-state index is 11.2. The van der Waals surface area contributed by atoms with Gasteiger partial charge in [0.15, 0.2) is 0 Å². The van der Waals surface area contributed by atoms with Gasteiger partial charge in [-0.1, -0.05) is 6.92 Å². The Morgan fingerprint density at radius 2 is 2.25 bits per heavy atom. The van der Waals surface area contributed by atoms with E-state index in [0.717, 1.165) is 18.0 Å². The van der Waals surface area contributed by atoms with Crippen LogP contribution in [-0.4, -0.2) is 27.2 Å². The number of rotatable bonds is 6. The Labute approximate surface area is 104 Å². The van der Waals surface area contributed by atoms with Gasteiger partial charge in [-0.15, -0.1) is 11.3 Å². The molecule has 0 aliphatic rings. The Kier molecular flexibility index (Phi) is 5.58. The Hall–Kier alpha value is -0.260. The van der Waals surface area contributed by atoms with Gasteiger partial charge in [0.1, 0.15) is 0 Å². The quantitative estimate of drug-likeness (QED) is 0.853. The summed E-state index contributed by atoms with van der Waals surface area (Å²) >= 11 is 1.73. The van der Waals surface area contributed by atoms with Crippen LogP contribution in [0, 0.1) is 6.92 Å². The fraction of sp³-hybridized carbons (Fsp3) is 0.727. The van der Waals surface area contributed by atoms with Crippen LogP contribution in [-0.2, 0) is 10.8 Å². The van der Waals surface area contributed by atoms with Crippen LogP contribution in [0.5, 0.6) is 0 Å². The summed E-state index contributed by atoms with van der Waals surface area (Å²) in [5.74, 6) is 0. The summed E-state index contributed by atoms with van der Waals surface area (Å²) in [5.41, 5.74) is 0. The van der Waals surface area contributed by atoms with Gasteiger partial charge in [-0.05, 0) is 26.8 Å². The lowest BCUT2D eigenvalue weighted by Crippen LogP contribution is -2.23. The van der Waals surface area contributed by atoms with Crippen molar-refractivity contribution in [3.8, 4) is 0 Å². The number of hydrogen-bond donors (Lipinski definition) is 1. The molecule has 1 aromatic rings. The van der Waals surface area contributed by atoms with Gasteiger partial charge in [0.25, 0.3) is 0 Å². The van der Waals surface area contributed by atoms with Crippen LogP contribution in [0.1, 0.15) is 36.2 Å². The van der Waals surface area contributed by atoms with E-state index in [1.807, 2.05) is 20.0 Å². The van der Waals surface area contributed by atoms with E-state index < -0.39 is 10.8 Å². The van der Waals surface area contributed by atoms with Crippen molar-refractivity contribution in [1.82, 2.24) is 10.3 Å². The third kappa shape index (κ3) is 4.31. The van der Waals surface area contributed by atoms with E-state index in [1.165, 1.54) is 4.88 Å². The minimum absolute atomic E-state index is 0.267. The number of nitrogens with zero attached hydrogens (tertiary/aromatic N) is 1. The number of hydrogen-bond acceptors (Lipinski definition) is 4. The molecule has 0 aliphatic carbocycles. The van der Waals surface area contributed by atoms with Gasteiger partial charge in [-0.2, -0.15) is 0 Å². The molecule has 1 N–H and O–H groups in total. The molecule has 0 radical (unpaired) electrons. The largest absolute Gasteiger partial charge is 0.309 e. The van der Waals surface area contributed by atoms with Gasteiger partial charge in [-0.25, -0.2) is 4.98 Å². The van der Waals surface area contributed by atoms with Crippen molar-refractivity contribution >= 4 is 22.1 Å². The molecule has 0 spiro atoms. The number of aromatic nitrogens is 1. The van der Waals surface area contributed by atoms with Gasteiger partial charge in [0, 0.05) is 39.4 Å². The average Bonchev–Trinajstić information content (AvgIpc) is 2.64. The molecule has 0 saturated heterocycles. The van der Waals surface area contributed by atoms with Crippen molar-refractivity contribution in [2.24, 2.45) is 0 Å². The molecule has 16 heavy (non-hydrogen) atoms. The first-order valence-corrected chi connectivity index (χ1v) is 7.92. The summed E-state index contributed by atoms with van der Waals surface area (Å²) in [4.78, 5) is 5.51. The maximum Gasteiger partial charge on any atom is 0.0897 e. The molecule has 0 saturated carbocycles. The van der Waals surface area contributed by atoms with Crippen LogP contribution in [0.4, 0.5) is 0 Å². The highest BCUT2D eigenvalue weighted by Gasteiger charge is 2.10. The number of nitrogens with one attached hydrogen (secondary N) is 1. The first-order valence-electron chi connectivity index (χ1n) is 5.48. The Bertz CT molecular complexity index is 352. The molecule has 3 atom stereocenters. The van der Waals surface area contributed by atoms with E-state index >= 15 is 0 Å². The molecule has 0 aromatic carbocycles. The van der Waals surface area contributed by atoms with Crippen LogP contribution in [0.15, 0.2) is 6.20 Å². The van der Waals surface area contributed by atoms with Crippen molar-refractivity contribution in [3.63, 3.8) is 0 Å². The van der Waals surface area contributed by atoms with E-state index in [2.05, 4.69) is 17.2 Å². The van der Waals surface area contributed by atoms with Crippen molar-refractivity contribution in [1.29, 1.82) is 0 Å². The average molecular weight is 260 g/mol. The molecule has 1 aromatic heterocycles. The van der Waals surface area contributed by atoms with Gasteiger partial charge < -0.3 is 5.32 Å². The second kappa shape index (κ2) is 6.47.